The molecule has 0 bridgehead atoms. The first-order chi connectivity index (χ1) is 13.8. The Kier molecular flexibility index (Phi) is 4.56. The molecule has 0 fully saturated rings. The van der Waals surface area contributed by atoms with Crippen LogP contribution >= 0.6 is 11.3 Å². The first-order valence-corrected chi connectivity index (χ1v) is 10.5. The molecule has 2 aromatic heterocycles. The van der Waals surface area contributed by atoms with E-state index in [1.54, 1.807) is 18.4 Å². The summed E-state index contributed by atoms with van der Waals surface area (Å²) >= 11 is 1.63. The number of benzene rings is 2. The molecule has 0 spiro atoms. The Morgan fingerprint density at radius 2 is 1.71 bits per heavy atom. The highest BCUT2D eigenvalue weighted by Gasteiger charge is 2.14. The zero-order chi connectivity index (χ0) is 18.9. The standard InChI is InChI=1S/C22H22N4OS/c1-27-19-10-7-15(8-11-19)13-20-23-24-22-26(20)25-21(28-22)14-16-6-9-17-4-2-3-5-18(17)12-16/h6-12H,2-5,13-14H2,1H3. The van der Waals surface area contributed by atoms with E-state index in [9.17, 15) is 0 Å². The Labute approximate surface area is 168 Å². The van der Waals surface area contributed by atoms with Crippen molar-refractivity contribution in [2.24, 2.45) is 0 Å². The van der Waals surface area contributed by atoms with Crippen molar-refractivity contribution in [3.05, 3.63) is 75.6 Å². The number of methoxy groups -OCH3 is 1. The molecule has 0 saturated heterocycles. The van der Waals surface area contributed by atoms with Crippen molar-refractivity contribution in [1.29, 1.82) is 0 Å². The van der Waals surface area contributed by atoms with Gasteiger partial charge in [0.05, 0.1) is 7.11 Å². The molecule has 6 heteroatoms. The van der Waals surface area contributed by atoms with Crippen LogP contribution in [0.2, 0.25) is 0 Å². The maximum Gasteiger partial charge on any atom is 0.234 e. The van der Waals surface area contributed by atoms with E-state index in [1.807, 2.05) is 16.6 Å². The van der Waals surface area contributed by atoms with Gasteiger partial charge in [0.1, 0.15) is 10.8 Å². The molecule has 0 aliphatic heterocycles. The van der Waals surface area contributed by atoms with E-state index in [0.717, 1.165) is 28.0 Å². The van der Waals surface area contributed by atoms with Crippen molar-refractivity contribution in [1.82, 2.24) is 19.8 Å². The van der Waals surface area contributed by atoms with Gasteiger partial charge in [0.2, 0.25) is 4.96 Å². The molecule has 0 saturated carbocycles. The fourth-order valence-electron chi connectivity index (χ4n) is 3.88. The summed E-state index contributed by atoms with van der Waals surface area (Å²) in [6.45, 7) is 0. The van der Waals surface area contributed by atoms with Gasteiger partial charge in [0.25, 0.3) is 0 Å². The lowest BCUT2D eigenvalue weighted by Crippen LogP contribution is -2.03. The van der Waals surface area contributed by atoms with Gasteiger partial charge in [-0.05, 0) is 60.1 Å². The summed E-state index contributed by atoms with van der Waals surface area (Å²) in [5, 5.41) is 14.5. The SMILES string of the molecule is COc1ccc(Cc2nnc3sc(Cc4ccc5c(c4)CCCC5)nn23)cc1. The van der Waals surface area contributed by atoms with Crippen LogP contribution in [0.3, 0.4) is 0 Å². The molecule has 1 aliphatic carbocycles. The highest BCUT2D eigenvalue weighted by molar-refractivity contribution is 7.16. The van der Waals surface area contributed by atoms with Crippen molar-refractivity contribution in [2.45, 2.75) is 38.5 Å². The van der Waals surface area contributed by atoms with E-state index in [4.69, 9.17) is 9.84 Å². The number of hydrogen-bond acceptors (Lipinski definition) is 5. The molecule has 0 unspecified atom stereocenters. The minimum absolute atomic E-state index is 0.702. The van der Waals surface area contributed by atoms with Gasteiger partial charge in [-0.1, -0.05) is 41.7 Å². The Bertz CT molecular complexity index is 1110. The Hall–Kier alpha value is -2.73. The number of fused-ring (bicyclic) bond motifs is 2. The number of aromatic nitrogens is 4. The van der Waals surface area contributed by atoms with Gasteiger partial charge in [-0.25, -0.2) is 0 Å². The summed E-state index contributed by atoms with van der Waals surface area (Å²) in [5.41, 5.74) is 5.54. The maximum atomic E-state index is 5.23. The maximum absolute atomic E-state index is 5.23. The molecular formula is C22H22N4OS. The topological polar surface area (TPSA) is 52.3 Å². The minimum Gasteiger partial charge on any atom is -0.497 e. The van der Waals surface area contributed by atoms with Gasteiger partial charge >= 0.3 is 0 Å². The summed E-state index contributed by atoms with van der Waals surface area (Å²) in [6.07, 6.45) is 6.61. The first-order valence-electron chi connectivity index (χ1n) is 9.72. The number of hydrogen-bond donors (Lipinski definition) is 0. The lowest BCUT2D eigenvalue weighted by Gasteiger charge is -2.16. The van der Waals surface area contributed by atoms with Crippen LogP contribution in [0, 0.1) is 0 Å². The smallest absolute Gasteiger partial charge is 0.234 e. The van der Waals surface area contributed by atoms with E-state index in [-0.39, 0.29) is 0 Å². The van der Waals surface area contributed by atoms with Crippen LogP contribution in [-0.4, -0.2) is 26.9 Å². The zero-order valence-electron chi connectivity index (χ0n) is 15.9. The molecule has 1 aliphatic rings. The fourth-order valence-corrected chi connectivity index (χ4v) is 4.76. The van der Waals surface area contributed by atoms with E-state index >= 15 is 0 Å². The van der Waals surface area contributed by atoms with Crippen LogP contribution in [-0.2, 0) is 25.7 Å². The van der Waals surface area contributed by atoms with Crippen LogP contribution in [0.5, 0.6) is 5.75 Å². The van der Waals surface area contributed by atoms with Crippen molar-refractivity contribution < 1.29 is 4.74 Å². The largest absolute Gasteiger partial charge is 0.497 e. The minimum atomic E-state index is 0.702. The molecule has 2 heterocycles. The van der Waals surface area contributed by atoms with Gasteiger partial charge in [-0.15, -0.1) is 10.2 Å². The van der Waals surface area contributed by atoms with Crippen LogP contribution in [0.25, 0.3) is 4.96 Å². The summed E-state index contributed by atoms with van der Waals surface area (Å²) in [5.74, 6) is 1.73. The van der Waals surface area contributed by atoms with Crippen molar-refractivity contribution >= 4 is 16.3 Å². The Morgan fingerprint density at radius 3 is 2.54 bits per heavy atom. The second-order valence-corrected chi connectivity index (χ2v) is 8.36. The zero-order valence-corrected chi connectivity index (χ0v) is 16.7. The van der Waals surface area contributed by atoms with Crippen molar-refractivity contribution in [3.8, 4) is 5.75 Å². The quantitative estimate of drug-likeness (QED) is 0.511. The van der Waals surface area contributed by atoms with E-state index < -0.39 is 0 Å². The van der Waals surface area contributed by atoms with Gasteiger partial charge < -0.3 is 4.74 Å². The molecule has 2 aromatic carbocycles. The van der Waals surface area contributed by atoms with Crippen LogP contribution < -0.4 is 4.74 Å². The molecule has 0 radical (unpaired) electrons. The summed E-state index contributed by atoms with van der Waals surface area (Å²) < 4.78 is 7.12. The molecule has 4 aromatic rings. The van der Waals surface area contributed by atoms with Crippen molar-refractivity contribution in [3.63, 3.8) is 0 Å². The third-order valence-corrected chi connectivity index (χ3v) is 6.29. The van der Waals surface area contributed by atoms with Crippen molar-refractivity contribution in [2.75, 3.05) is 7.11 Å². The van der Waals surface area contributed by atoms with Gasteiger partial charge in [0, 0.05) is 12.8 Å². The third kappa shape index (κ3) is 3.40. The summed E-state index contributed by atoms with van der Waals surface area (Å²) in [4.78, 5) is 0.858. The number of nitrogens with zero attached hydrogens (tertiary/aromatic N) is 4. The predicted molar refractivity (Wildman–Crippen MR) is 110 cm³/mol. The Morgan fingerprint density at radius 1 is 0.929 bits per heavy atom. The second-order valence-electron chi connectivity index (χ2n) is 7.32. The van der Waals surface area contributed by atoms with Crippen LogP contribution in [0.1, 0.15) is 45.9 Å². The molecule has 28 heavy (non-hydrogen) atoms. The molecule has 5 rings (SSSR count). The molecule has 0 atom stereocenters. The average Bonchev–Trinajstić information content (AvgIpc) is 3.29. The van der Waals surface area contributed by atoms with E-state index in [1.165, 1.54) is 47.9 Å². The highest BCUT2D eigenvalue weighted by Crippen LogP contribution is 2.25. The van der Waals surface area contributed by atoms with Crippen LogP contribution in [0.4, 0.5) is 0 Å². The number of ether oxygens (including phenoxy) is 1. The summed E-state index contributed by atoms with van der Waals surface area (Å²) in [7, 11) is 1.68. The van der Waals surface area contributed by atoms with Crippen LogP contribution in [0.15, 0.2) is 42.5 Å². The predicted octanol–water partition coefficient (Wildman–Crippen LogP) is 4.25. The number of rotatable bonds is 5. The normalized spacial score (nSPS) is 13.6. The lowest BCUT2D eigenvalue weighted by molar-refractivity contribution is 0.414. The second kappa shape index (κ2) is 7.36. The van der Waals surface area contributed by atoms with Gasteiger partial charge in [0.15, 0.2) is 5.82 Å². The van der Waals surface area contributed by atoms with E-state index in [0.29, 0.717) is 6.42 Å². The van der Waals surface area contributed by atoms with Gasteiger partial charge in [-0.2, -0.15) is 9.61 Å². The lowest BCUT2D eigenvalue weighted by atomic mass is 9.90. The molecule has 142 valence electrons. The Balaban J connectivity index is 1.37. The molecular weight excluding hydrogens is 368 g/mol. The molecule has 5 nitrogen and oxygen atoms in total. The monoisotopic (exact) mass is 390 g/mol. The third-order valence-electron chi connectivity index (χ3n) is 5.39. The average molecular weight is 391 g/mol. The fraction of sp³-hybridized carbons (Fsp3) is 0.318. The summed E-state index contributed by atoms with van der Waals surface area (Å²) in [6, 6.07) is 15.0. The molecule has 0 N–H and O–H groups in total. The highest BCUT2D eigenvalue weighted by atomic mass is 32.1. The molecule has 0 amide bonds. The van der Waals surface area contributed by atoms with E-state index in [2.05, 4.69) is 40.5 Å². The van der Waals surface area contributed by atoms with Gasteiger partial charge in [-0.3, -0.25) is 0 Å². The number of aryl methyl sites for hydroxylation is 2. The first kappa shape index (κ1) is 17.4.